The number of isocyanates is 1. The molecule has 16 heavy (non-hydrogen) atoms. The molecular weight excluding hydrogens is 206 g/mol. The Morgan fingerprint density at radius 3 is 2.69 bits per heavy atom. The summed E-state index contributed by atoms with van der Waals surface area (Å²) in [6.45, 7) is 2.39. The van der Waals surface area contributed by atoms with E-state index in [1.54, 1.807) is 14.2 Å². The van der Waals surface area contributed by atoms with Crippen LogP contribution in [-0.2, 0) is 4.79 Å². The van der Waals surface area contributed by atoms with Crippen molar-refractivity contribution in [3.63, 3.8) is 0 Å². The molecule has 1 atom stereocenters. The van der Waals surface area contributed by atoms with Gasteiger partial charge in [0.15, 0.2) is 0 Å². The van der Waals surface area contributed by atoms with E-state index in [0.29, 0.717) is 6.54 Å². The van der Waals surface area contributed by atoms with E-state index in [1.165, 1.54) is 6.08 Å². The van der Waals surface area contributed by atoms with Gasteiger partial charge in [-0.3, -0.25) is 0 Å². The summed E-state index contributed by atoms with van der Waals surface area (Å²) in [6, 6.07) is 5.60. The maximum absolute atomic E-state index is 10.1. The fourth-order valence-electron chi connectivity index (χ4n) is 1.50. The van der Waals surface area contributed by atoms with E-state index in [2.05, 4.69) is 4.99 Å². The van der Waals surface area contributed by atoms with Crippen molar-refractivity contribution in [1.82, 2.24) is 0 Å². The largest absolute Gasteiger partial charge is 0.497 e. The SMILES string of the molecule is COc1ccc(C(C)CN=C=O)c(OC)c1. The van der Waals surface area contributed by atoms with Crippen molar-refractivity contribution < 1.29 is 14.3 Å². The van der Waals surface area contributed by atoms with Crippen molar-refractivity contribution in [3.05, 3.63) is 23.8 Å². The van der Waals surface area contributed by atoms with Gasteiger partial charge in [-0.25, -0.2) is 9.79 Å². The molecule has 0 saturated carbocycles. The molecule has 4 nitrogen and oxygen atoms in total. The highest BCUT2D eigenvalue weighted by Gasteiger charge is 2.11. The van der Waals surface area contributed by atoms with Gasteiger partial charge in [0.05, 0.1) is 20.8 Å². The van der Waals surface area contributed by atoms with Crippen molar-refractivity contribution in [3.8, 4) is 11.5 Å². The van der Waals surface area contributed by atoms with Gasteiger partial charge in [-0.05, 0) is 11.6 Å². The predicted molar refractivity (Wildman–Crippen MR) is 60.9 cm³/mol. The third-order valence-electron chi connectivity index (χ3n) is 2.40. The van der Waals surface area contributed by atoms with E-state index >= 15 is 0 Å². The zero-order chi connectivity index (χ0) is 12.0. The number of rotatable bonds is 5. The zero-order valence-electron chi connectivity index (χ0n) is 9.69. The highest BCUT2D eigenvalue weighted by Crippen LogP contribution is 2.30. The van der Waals surface area contributed by atoms with Crippen molar-refractivity contribution in [2.24, 2.45) is 4.99 Å². The molecule has 1 aromatic rings. The maximum Gasteiger partial charge on any atom is 0.234 e. The summed E-state index contributed by atoms with van der Waals surface area (Å²) in [7, 11) is 3.21. The number of nitrogens with zero attached hydrogens (tertiary/aromatic N) is 1. The van der Waals surface area contributed by atoms with Crippen molar-refractivity contribution in [1.29, 1.82) is 0 Å². The summed E-state index contributed by atoms with van der Waals surface area (Å²) >= 11 is 0. The lowest BCUT2D eigenvalue weighted by atomic mass is 10.00. The number of ether oxygens (including phenoxy) is 2. The molecule has 0 heterocycles. The number of hydrogen-bond acceptors (Lipinski definition) is 4. The smallest absolute Gasteiger partial charge is 0.234 e. The molecule has 0 radical (unpaired) electrons. The van der Waals surface area contributed by atoms with Crippen LogP contribution < -0.4 is 9.47 Å². The average Bonchev–Trinajstić information content (AvgIpc) is 2.34. The molecule has 1 aromatic carbocycles. The van der Waals surface area contributed by atoms with Crippen molar-refractivity contribution in [2.75, 3.05) is 20.8 Å². The molecule has 0 bridgehead atoms. The minimum atomic E-state index is 0.113. The maximum atomic E-state index is 10.1. The number of hydrogen-bond donors (Lipinski definition) is 0. The minimum Gasteiger partial charge on any atom is -0.497 e. The van der Waals surface area contributed by atoms with Crippen LogP contribution in [0.1, 0.15) is 18.4 Å². The number of aliphatic imine (C=N–C) groups is 1. The van der Waals surface area contributed by atoms with Crippen molar-refractivity contribution in [2.45, 2.75) is 12.8 Å². The van der Waals surface area contributed by atoms with Gasteiger partial charge in [0.1, 0.15) is 11.5 Å². The Balaban J connectivity index is 2.98. The first-order valence-corrected chi connectivity index (χ1v) is 4.98. The second-order valence-corrected chi connectivity index (χ2v) is 3.44. The summed E-state index contributed by atoms with van der Waals surface area (Å²) in [5.74, 6) is 1.60. The predicted octanol–water partition coefficient (Wildman–Crippen LogP) is 2.14. The van der Waals surface area contributed by atoms with E-state index < -0.39 is 0 Å². The van der Waals surface area contributed by atoms with Gasteiger partial charge < -0.3 is 9.47 Å². The van der Waals surface area contributed by atoms with Crippen LogP contribution in [0.2, 0.25) is 0 Å². The second-order valence-electron chi connectivity index (χ2n) is 3.44. The van der Waals surface area contributed by atoms with Crippen LogP contribution in [0.3, 0.4) is 0 Å². The molecular formula is C12H15NO3. The summed E-state index contributed by atoms with van der Waals surface area (Å²) < 4.78 is 10.4. The Labute approximate surface area is 94.9 Å². The fraction of sp³-hybridized carbons (Fsp3) is 0.417. The zero-order valence-corrected chi connectivity index (χ0v) is 9.69. The van der Waals surface area contributed by atoms with Crippen LogP contribution >= 0.6 is 0 Å². The topological polar surface area (TPSA) is 47.9 Å². The first-order chi connectivity index (χ1) is 7.72. The summed E-state index contributed by atoms with van der Waals surface area (Å²) in [6.07, 6.45) is 1.54. The molecule has 0 aliphatic carbocycles. The second kappa shape index (κ2) is 5.93. The molecule has 1 unspecified atom stereocenters. The van der Waals surface area contributed by atoms with Gasteiger partial charge in [0.25, 0.3) is 0 Å². The molecule has 0 saturated heterocycles. The molecule has 1 rings (SSSR count). The van der Waals surface area contributed by atoms with E-state index in [1.807, 2.05) is 25.1 Å². The fourth-order valence-corrected chi connectivity index (χ4v) is 1.50. The lowest BCUT2D eigenvalue weighted by Gasteiger charge is -2.14. The minimum absolute atomic E-state index is 0.113. The quantitative estimate of drug-likeness (QED) is 0.565. The summed E-state index contributed by atoms with van der Waals surface area (Å²) in [5.41, 5.74) is 1.00. The molecule has 0 spiro atoms. The van der Waals surface area contributed by atoms with Gasteiger partial charge in [-0.2, -0.15) is 0 Å². The van der Waals surface area contributed by atoms with Crippen LogP contribution in [0.5, 0.6) is 11.5 Å². The van der Waals surface area contributed by atoms with Crippen molar-refractivity contribution >= 4 is 6.08 Å². The van der Waals surface area contributed by atoms with Crippen LogP contribution in [0.25, 0.3) is 0 Å². The molecule has 0 fully saturated rings. The number of carbonyl (C=O) groups excluding carboxylic acids is 1. The van der Waals surface area contributed by atoms with Gasteiger partial charge in [-0.15, -0.1) is 0 Å². The first kappa shape index (κ1) is 12.3. The first-order valence-electron chi connectivity index (χ1n) is 4.98. The van der Waals surface area contributed by atoms with Gasteiger partial charge >= 0.3 is 0 Å². The van der Waals surface area contributed by atoms with E-state index in [4.69, 9.17) is 9.47 Å². The van der Waals surface area contributed by atoms with E-state index in [0.717, 1.165) is 17.1 Å². The Hall–Kier alpha value is -1.80. The van der Waals surface area contributed by atoms with Crippen LogP contribution in [0.15, 0.2) is 23.2 Å². The van der Waals surface area contributed by atoms with Gasteiger partial charge in [0.2, 0.25) is 6.08 Å². The molecule has 86 valence electrons. The standard InChI is InChI=1S/C12H15NO3/c1-9(7-13-8-14)11-5-4-10(15-2)6-12(11)16-3/h4-6,9H,7H2,1-3H3. The normalized spacial score (nSPS) is 11.4. The average molecular weight is 221 g/mol. The summed E-state index contributed by atoms with van der Waals surface area (Å²) in [5, 5.41) is 0. The van der Waals surface area contributed by atoms with E-state index in [-0.39, 0.29) is 5.92 Å². The van der Waals surface area contributed by atoms with Gasteiger partial charge in [0, 0.05) is 12.0 Å². The lowest BCUT2D eigenvalue weighted by Crippen LogP contribution is -2.01. The highest BCUT2D eigenvalue weighted by molar-refractivity contribution is 5.43. The summed E-state index contributed by atoms with van der Waals surface area (Å²) in [4.78, 5) is 13.6. The Bertz CT molecular complexity index is 397. The van der Waals surface area contributed by atoms with Crippen LogP contribution in [-0.4, -0.2) is 26.8 Å². The number of benzene rings is 1. The van der Waals surface area contributed by atoms with Crippen LogP contribution in [0, 0.1) is 0 Å². The molecule has 0 aliphatic heterocycles. The Morgan fingerprint density at radius 1 is 1.38 bits per heavy atom. The molecule has 4 heteroatoms. The number of methoxy groups -OCH3 is 2. The van der Waals surface area contributed by atoms with Crippen LogP contribution in [0.4, 0.5) is 0 Å². The van der Waals surface area contributed by atoms with E-state index in [9.17, 15) is 4.79 Å². The Morgan fingerprint density at radius 2 is 2.12 bits per heavy atom. The third-order valence-corrected chi connectivity index (χ3v) is 2.40. The third kappa shape index (κ3) is 2.84. The molecule has 0 aromatic heterocycles. The molecule has 0 N–H and O–H groups in total. The Kier molecular flexibility index (Phi) is 4.55. The monoisotopic (exact) mass is 221 g/mol. The molecule has 0 aliphatic rings. The lowest BCUT2D eigenvalue weighted by molar-refractivity contribution is 0.389. The highest BCUT2D eigenvalue weighted by atomic mass is 16.5. The molecule has 0 amide bonds. The van der Waals surface area contributed by atoms with Gasteiger partial charge in [-0.1, -0.05) is 13.0 Å².